The summed E-state index contributed by atoms with van der Waals surface area (Å²) >= 11 is 0. The lowest BCUT2D eigenvalue weighted by Gasteiger charge is -2.59. The summed E-state index contributed by atoms with van der Waals surface area (Å²) in [6, 6.07) is 5.14. The fourth-order valence-electron chi connectivity index (χ4n) is 8.65. The average Bonchev–Trinajstić information content (AvgIpc) is 2.90. The zero-order chi connectivity index (χ0) is 30.3. The minimum absolute atomic E-state index is 0.0149. The van der Waals surface area contributed by atoms with Crippen LogP contribution in [0.2, 0.25) is 0 Å². The van der Waals surface area contributed by atoms with Crippen molar-refractivity contribution in [1.29, 1.82) is 0 Å². The van der Waals surface area contributed by atoms with E-state index in [1.807, 2.05) is 6.92 Å². The molecule has 3 aromatic rings. The predicted molar refractivity (Wildman–Crippen MR) is 162 cm³/mol. The lowest BCUT2D eigenvalue weighted by Crippen LogP contribution is -2.52. The molecule has 0 radical (unpaired) electrons. The summed E-state index contributed by atoms with van der Waals surface area (Å²) in [4.78, 5) is 14.0. The van der Waals surface area contributed by atoms with Gasteiger partial charge in [-0.3, -0.25) is 4.79 Å². The molecule has 6 rings (SSSR count). The number of hydrogen-bond donors (Lipinski definition) is 5. The van der Waals surface area contributed by atoms with Gasteiger partial charge in [0.05, 0.1) is 17.2 Å². The number of aliphatic hydroxyl groups is 1. The summed E-state index contributed by atoms with van der Waals surface area (Å²) in [6.07, 6.45) is 6.52. The highest BCUT2D eigenvalue weighted by Gasteiger charge is 2.54. The van der Waals surface area contributed by atoms with Crippen LogP contribution in [0.3, 0.4) is 0 Å². The van der Waals surface area contributed by atoms with Gasteiger partial charge in [0.1, 0.15) is 39.7 Å². The van der Waals surface area contributed by atoms with Crippen molar-refractivity contribution >= 4 is 11.0 Å². The normalized spacial score (nSPS) is 28.7. The van der Waals surface area contributed by atoms with Crippen LogP contribution in [0.15, 0.2) is 57.3 Å². The predicted octanol–water partition coefficient (Wildman–Crippen LogP) is 7.03. The van der Waals surface area contributed by atoms with E-state index in [0.717, 1.165) is 42.9 Å². The third-order valence-electron chi connectivity index (χ3n) is 10.9. The van der Waals surface area contributed by atoms with E-state index >= 15 is 0 Å². The van der Waals surface area contributed by atoms with Crippen LogP contribution < -0.4 is 5.43 Å². The highest BCUT2D eigenvalue weighted by Crippen LogP contribution is 2.62. The van der Waals surface area contributed by atoms with Gasteiger partial charge in [-0.2, -0.15) is 0 Å². The van der Waals surface area contributed by atoms with Crippen LogP contribution in [0.4, 0.5) is 0 Å². The summed E-state index contributed by atoms with van der Waals surface area (Å²) in [5.41, 5.74) is 2.38. The molecule has 222 valence electrons. The largest absolute Gasteiger partial charge is 0.508 e. The highest BCUT2D eigenvalue weighted by molar-refractivity contribution is 5.89. The molecule has 1 aromatic heterocycles. The lowest BCUT2D eigenvalue weighted by atomic mass is 9.46. The van der Waals surface area contributed by atoms with E-state index in [0.29, 0.717) is 17.9 Å². The Morgan fingerprint density at radius 2 is 1.79 bits per heavy atom. The van der Waals surface area contributed by atoms with E-state index in [1.54, 1.807) is 0 Å². The Bertz CT molecular complexity index is 1710. The Balaban J connectivity index is 1.48. The summed E-state index contributed by atoms with van der Waals surface area (Å²) in [5.74, 6) is -0.769. The molecule has 0 saturated heterocycles. The van der Waals surface area contributed by atoms with Crippen molar-refractivity contribution in [3.63, 3.8) is 0 Å². The fourth-order valence-corrected chi connectivity index (χ4v) is 8.65. The number of rotatable bonds is 3. The van der Waals surface area contributed by atoms with Gasteiger partial charge in [0.25, 0.3) is 0 Å². The third-order valence-corrected chi connectivity index (χ3v) is 10.9. The van der Waals surface area contributed by atoms with Gasteiger partial charge in [-0.1, -0.05) is 45.4 Å². The molecular weight excluding hydrogens is 532 g/mol. The first-order valence-corrected chi connectivity index (χ1v) is 14.8. The van der Waals surface area contributed by atoms with Crippen molar-refractivity contribution in [3.8, 4) is 34.3 Å². The van der Waals surface area contributed by atoms with E-state index in [9.17, 15) is 30.3 Å². The first-order chi connectivity index (χ1) is 19.7. The average molecular weight is 573 g/mol. The van der Waals surface area contributed by atoms with Crippen LogP contribution in [0.5, 0.6) is 23.0 Å². The van der Waals surface area contributed by atoms with Gasteiger partial charge < -0.3 is 29.9 Å². The second-order valence-electron chi connectivity index (χ2n) is 13.7. The molecule has 0 spiro atoms. The second-order valence-corrected chi connectivity index (χ2v) is 13.7. The third kappa shape index (κ3) is 4.16. The minimum Gasteiger partial charge on any atom is -0.508 e. The van der Waals surface area contributed by atoms with Gasteiger partial charge in [0, 0.05) is 23.6 Å². The zero-order valence-corrected chi connectivity index (χ0v) is 24.7. The van der Waals surface area contributed by atoms with E-state index in [2.05, 4.69) is 33.4 Å². The number of phenols is 4. The molecular formula is C35H40O7. The standard InChI is InChI=1S/C35H40O7/c1-17(7-8-22-18(2)25(39)16-28-34(3,4)11-6-12-35(22,28)5)20-15-21-23(37)9-10-24(38)29(21)33-30(20)32(41)31-26(40)13-19(36)14-27(31)42-33/h7,9-10,13-14,20,22,25,28,36-40H,2,6,8,11-12,15-16H2,1,3-5H3/b17-7+/t20?,22?,25-,28-,35+/m0/s1. The maximum absolute atomic E-state index is 14.0. The Hall–Kier alpha value is -3.71. The molecule has 3 aliphatic carbocycles. The van der Waals surface area contributed by atoms with Crippen molar-refractivity contribution in [2.75, 3.05) is 0 Å². The molecule has 7 nitrogen and oxygen atoms in total. The molecule has 42 heavy (non-hydrogen) atoms. The van der Waals surface area contributed by atoms with Crippen LogP contribution in [0, 0.1) is 22.7 Å². The van der Waals surface area contributed by atoms with Crippen molar-refractivity contribution in [1.82, 2.24) is 0 Å². The van der Waals surface area contributed by atoms with Gasteiger partial charge in [0.15, 0.2) is 0 Å². The van der Waals surface area contributed by atoms with E-state index < -0.39 is 17.5 Å². The summed E-state index contributed by atoms with van der Waals surface area (Å²) in [7, 11) is 0. The van der Waals surface area contributed by atoms with E-state index in [4.69, 9.17) is 4.42 Å². The summed E-state index contributed by atoms with van der Waals surface area (Å²) < 4.78 is 6.14. The first kappa shape index (κ1) is 28.4. The number of phenolic OH excluding ortho intramolecular Hbond substituents is 4. The Kier molecular flexibility index (Phi) is 6.54. The lowest BCUT2D eigenvalue weighted by molar-refractivity contribution is -0.0809. The van der Waals surface area contributed by atoms with Crippen LogP contribution in [0.25, 0.3) is 22.3 Å². The van der Waals surface area contributed by atoms with Gasteiger partial charge in [-0.15, -0.1) is 0 Å². The smallest absolute Gasteiger partial charge is 0.200 e. The van der Waals surface area contributed by atoms with Crippen molar-refractivity contribution in [2.24, 2.45) is 22.7 Å². The monoisotopic (exact) mass is 572 g/mol. The van der Waals surface area contributed by atoms with Crippen molar-refractivity contribution < 1.29 is 29.9 Å². The Morgan fingerprint density at radius 1 is 1.07 bits per heavy atom. The molecule has 2 saturated carbocycles. The summed E-state index contributed by atoms with van der Waals surface area (Å²) in [5, 5.41) is 53.3. The molecule has 2 fully saturated rings. The van der Waals surface area contributed by atoms with Gasteiger partial charge in [0.2, 0.25) is 5.43 Å². The number of allylic oxidation sites excluding steroid dienone is 2. The number of hydrogen-bond acceptors (Lipinski definition) is 7. The molecule has 3 aliphatic rings. The number of aromatic hydroxyl groups is 4. The Morgan fingerprint density at radius 3 is 2.52 bits per heavy atom. The molecule has 1 heterocycles. The number of aliphatic hydroxyl groups excluding tert-OH is 1. The molecule has 2 aromatic carbocycles. The zero-order valence-electron chi connectivity index (χ0n) is 24.7. The van der Waals surface area contributed by atoms with E-state index in [1.165, 1.54) is 18.2 Å². The minimum atomic E-state index is -0.556. The molecule has 7 heteroatoms. The Labute approximate surface area is 245 Å². The summed E-state index contributed by atoms with van der Waals surface area (Å²) in [6.45, 7) is 13.3. The molecule has 0 bridgehead atoms. The van der Waals surface area contributed by atoms with Crippen LogP contribution in [0.1, 0.15) is 76.8 Å². The SMILES string of the molecule is C=C1C(C/C=C(\C)C2Cc3c(O)ccc(O)c3-c3oc4cc(O)cc(O)c4c(=O)c32)[C@@]2(C)CCCC(C)(C)[C@@H]2C[C@@H]1O. The van der Waals surface area contributed by atoms with Crippen molar-refractivity contribution in [2.45, 2.75) is 78.2 Å². The van der Waals surface area contributed by atoms with Crippen LogP contribution in [-0.2, 0) is 6.42 Å². The fraction of sp³-hybridized carbons (Fsp3) is 0.457. The molecule has 5 atom stereocenters. The van der Waals surface area contributed by atoms with Crippen LogP contribution in [-0.4, -0.2) is 31.6 Å². The van der Waals surface area contributed by atoms with Gasteiger partial charge in [-0.25, -0.2) is 0 Å². The second kappa shape index (κ2) is 9.66. The number of fused-ring (bicyclic) bond motifs is 5. The maximum atomic E-state index is 14.0. The first-order valence-electron chi connectivity index (χ1n) is 14.8. The molecule has 0 amide bonds. The maximum Gasteiger partial charge on any atom is 0.200 e. The van der Waals surface area contributed by atoms with Crippen molar-refractivity contribution in [3.05, 3.63) is 69.4 Å². The molecule has 2 unspecified atom stereocenters. The quantitative estimate of drug-likeness (QED) is 0.168. The van der Waals surface area contributed by atoms with Crippen LogP contribution >= 0.6 is 0 Å². The molecule has 5 N–H and O–H groups in total. The molecule has 0 aliphatic heterocycles. The van der Waals surface area contributed by atoms with Gasteiger partial charge in [-0.05, 0) is 79.4 Å². The van der Waals surface area contributed by atoms with Gasteiger partial charge >= 0.3 is 0 Å². The highest BCUT2D eigenvalue weighted by atomic mass is 16.3. The van der Waals surface area contributed by atoms with E-state index in [-0.39, 0.29) is 74.0 Å². The topological polar surface area (TPSA) is 131 Å². The number of benzene rings is 2.